The molecule has 7 heteroatoms. The molecule has 0 bridgehead atoms. The zero-order chi connectivity index (χ0) is 30.1. The van der Waals surface area contributed by atoms with Gasteiger partial charge in [-0.3, -0.25) is 9.59 Å². The van der Waals surface area contributed by atoms with Gasteiger partial charge in [-0.15, -0.1) is 0 Å². The van der Waals surface area contributed by atoms with Gasteiger partial charge in [0.15, 0.2) is 0 Å². The number of allylic oxidation sites excluding steroid dienone is 1. The van der Waals surface area contributed by atoms with Crippen molar-refractivity contribution in [2.75, 3.05) is 0 Å². The molecule has 0 aromatic heterocycles. The molecule has 232 valence electrons. The molecule has 3 fully saturated rings. The zero-order valence-electron chi connectivity index (χ0n) is 26.6. The molecule has 0 heterocycles. The van der Waals surface area contributed by atoms with Crippen LogP contribution in [0.1, 0.15) is 119 Å². The van der Waals surface area contributed by atoms with Crippen LogP contribution in [-0.2, 0) is 14.3 Å². The maximum atomic E-state index is 12.6. The van der Waals surface area contributed by atoms with E-state index in [0.29, 0.717) is 11.3 Å². The van der Waals surface area contributed by atoms with Crippen LogP contribution in [0.3, 0.4) is 0 Å². The average molecular weight is 573 g/mol. The van der Waals surface area contributed by atoms with Crippen LogP contribution < -0.4 is 10.6 Å². The number of hydrogen-bond acceptors (Lipinski definition) is 4. The van der Waals surface area contributed by atoms with Crippen molar-refractivity contribution in [3.63, 3.8) is 0 Å². The Labute approximate surface area is 248 Å². The second-order valence-corrected chi connectivity index (χ2v) is 15.0. The average Bonchev–Trinajstić information content (AvgIpc) is 3.25. The number of aliphatic carboxylic acids is 1. The number of nitrogens with one attached hydrogen (secondary N) is 2. The van der Waals surface area contributed by atoms with E-state index >= 15 is 0 Å². The minimum absolute atomic E-state index is 0.182. The van der Waals surface area contributed by atoms with Crippen LogP contribution in [0.2, 0.25) is 0 Å². The van der Waals surface area contributed by atoms with Gasteiger partial charge in [0, 0.05) is 6.42 Å². The Balaban J connectivity index is 1.34. The molecule has 0 spiro atoms. The Bertz CT molecular complexity index is 1010. The van der Waals surface area contributed by atoms with E-state index in [2.05, 4.69) is 51.3 Å². The number of fused-ring (bicyclic) bond motifs is 5. The van der Waals surface area contributed by atoms with Crippen molar-refractivity contribution < 1.29 is 24.2 Å². The molecule has 0 aromatic carbocycles. The van der Waals surface area contributed by atoms with Crippen molar-refractivity contribution in [3.8, 4) is 0 Å². The lowest BCUT2D eigenvalue weighted by atomic mass is 9.47. The van der Waals surface area contributed by atoms with E-state index in [0.717, 1.165) is 55.3 Å². The lowest BCUT2D eigenvalue weighted by molar-refractivity contribution is -0.141. The number of hydrogen-bond donors (Lipinski definition) is 3. The molecule has 0 aromatic rings. The monoisotopic (exact) mass is 572 g/mol. The molecule has 1 unspecified atom stereocenters. The third-order valence-corrected chi connectivity index (χ3v) is 12.0. The van der Waals surface area contributed by atoms with Crippen molar-refractivity contribution in [1.82, 2.24) is 10.6 Å². The van der Waals surface area contributed by atoms with E-state index in [9.17, 15) is 14.4 Å². The SMILES string of the molecule is CC(C)CCC[C@@H](C)[C@H]1CC[C@H]2[C@@H]3CC=C4CC(OC(=O)N[C@H](C)C(=O)N[C@H](C)C(=O)O)CC[C@]4(C)[C@H]3CC[C@]12C. The highest BCUT2D eigenvalue weighted by atomic mass is 16.6. The smallest absolute Gasteiger partial charge is 0.408 e. The predicted octanol–water partition coefficient (Wildman–Crippen LogP) is 7.10. The zero-order valence-corrected chi connectivity index (χ0v) is 26.6. The van der Waals surface area contributed by atoms with Gasteiger partial charge < -0.3 is 20.5 Å². The van der Waals surface area contributed by atoms with Crippen LogP contribution in [0.25, 0.3) is 0 Å². The first-order valence-electron chi connectivity index (χ1n) is 16.5. The molecule has 7 nitrogen and oxygen atoms in total. The van der Waals surface area contributed by atoms with E-state index in [4.69, 9.17) is 9.84 Å². The Morgan fingerprint density at radius 1 is 0.951 bits per heavy atom. The molecule has 2 amide bonds. The van der Waals surface area contributed by atoms with Crippen molar-refractivity contribution in [2.24, 2.45) is 46.3 Å². The Hall–Kier alpha value is -2.05. The maximum Gasteiger partial charge on any atom is 0.408 e. The molecule has 3 N–H and O–H groups in total. The minimum atomic E-state index is -1.12. The summed E-state index contributed by atoms with van der Waals surface area (Å²) in [6, 6.07) is -1.90. The fraction of sp³-hybridized carbons (Fsp3) is 0.853. The second-order valence-electron chi connectivity index (χ2n) is 15.0. The quantitative estimate of drug-likeness (QED) is 0.242. The maximum absolute atomic E-state index is 12.6. The summed E-state index contributed by atoms with van der Waals surface area (Å²) in [5.74, 6) is 3.12. The van der Waals surface area contributed by atoms with Crippen LogP contribution in [0.15, 0.2) is 11.6 Å². The van der Waals surface area contributed by atoms with Crippen LogP contribution >= 0.6 is 0 Å². The number of ether oxygens (including phenoxy) is 1. The first-order valence-corrected chi connectivity index (χ1v) is 16.5. The molecule has 3 saturated carbocycles. The molecule has 41 heavy (non-hydrogen) atoms. The summed E-state index contributed by atoms with van der Waals surface area (Å²) in [6.07, 6.45) is 15.0. The number of carbonyl (C=O) groups excluding carboxylic acids is 2. The largest absolute Gasteiger partial charge is 0.480 e. The van der Waals surface area contributed by atoms with Crippen LogP contribution in [0.5, 0.6) is 0 Å². The topological polar surface area (TPSA) is 105 Å². The Kier molecular flexibility index (Phi) is 9.85. The number of amides is 2. The van der Waals surface area contributed by atoms with Gasteiger partial charge in [-0.05, 0) is 105 Å². The molecular formula is C34H56N2O5. The van der Waals surface area contributed by atoms with E-state index in [1.807, 2.05) is 0 Å². The molecule has 10 atom stereocenters. The third kappa shape index (κ3) is 6.64. The van der Waals surface area contributed by atoms with Gasteiger partial charge in [0.1, 0.15) is 18.2 Å². The number of carboxylic acids is 1. The number of carbonyl (C=O) groups is 3. The van der Waals surface area contributed by atoms with Crippen LogP contribution in [0.4, 0.5) is 4.79 Å². The third-order valence-electron chi connectivity index (χ3n) is 12.0. The van der Waals surface area contributed by atoms with Gasteiger partial charge in [-0.25, -0.2) is 4.79 Å². The summed E-state index contributed by atoms with van der Waals surface area (Å²) in [4.78, 5) is 35.8. The first-order chi connectivity index (χ1) is 19.3. The van der Waals surface area contributed by atoms with E-state index in [1.165, 1.54) is 64.4 Å². The molecule has 4 rings (SSSR count). The molecule has 0 aliphatic heterocycles. The standard InChI is InChI=1S/C34H56N2O5/c1-20(2)9-8-10-21(3)27-13-14-28-26-12-11-24-19-25(15-17-33(24,6)29(26)16-18-34(27,28)7)41-32(40)36-22(4)30(37)35-23(5)31(38)39/h11,20-23,25-29H,8-10,12-19H2,1-7H3,(H,35,37)(H,36,40)(H,38,39)/t21-,22-,23-,25?,26+,27-,28+,29+,33+,34-/m1/s1. The van der Waals surface area contributed by atoms with Gasteiger partial charge in [0.2, 0.25) is 5.91 Å². The highest BCUT2D eigenvalue weighted by molar-refractivity contribution is 5.88. The molecule has 4 aliphatic rings. The highest BCUT2D eigenvalue weighted by Gasteiger charge is 2.59. The van der Waals surface area contributed by atoms with Crippen molar-refractivity contribution >= 4 is 18.0 Å². The number of alkyl carbamates (subject to hydrolysis) is 1. The van der Waals surface area contributed by atoms with Gasteiger partial charge in [-0.2, -0.15) is 0 Å². The Morgan fingerprint density at radius 3 is 2.37 bits per heavy atom. The van der Waals surface area contributed by atoms with E-state index in [1.54, 1.807) is 0 Å². The van der Waals surface area contributed by atoms with Gasteiger partial charge in [0.25, 0.3) is 0 Å². The normalized spacial score (nSPS) is 36.6. The second kappa shape index (κ2) is 12.7. The lowest BCUT2D eigenvalue weighted by Crippen LogP contribution is -2.52. The van der Waals surface area contributed by atoms with Crippen molar-refractivity contribution in [2.45, 2.75) is 137 Å². The lowest BCUT2D eigenvalue weighted by Gasteiger charge is -2.58. The molecular weight excluding hydrogens is 516 g/mol. The van der Waals surface area contributed by atoms with Crippen LogP contribution in [-0.4, -0.2) is 41.3 Å². The summed E-state index contributed by atoms with van der Waals surface area (Å²) < 4.78 is 5.78. The molecule has 4 aliphatic carbocycles. The number of rotatable bonds is 10. The highest BCUT2D eigenvalue weighted by Crippen LogP contribution is 2.67. The number of carboxylic acid groups (broad SMARTS) is 1. The van der Waals surface area contributed by atoms with Gasteiger partial charge in [0.05, 0.1) is 0 Å². The fourth-order valence-corrected chi connectivity index (χ4v) is 9.58. The summed E-state index contributed by atoms with van der Waals surface area (Å²) >= 11 is 0. The fourth-order valence-electron chi connectivity index (χ4n) is 9.58. The summed E-state index contributed by atoms with van der Waals surface area (Å²) in [6.45, 7) is 15.3. The predicted molar refractivity (Wildman–Crippen MR) is 161 cm³/mol. The molecule has 0 saturated heterocycles. The van der Waals surface area contributed by atoms with Crippen molar-refractivity contribution in [1.29, 1.82) is 0 Å². The first kappa shape index (κ1) is 31.9. The van der Waals surface area contributed by atoms with Crippen LogP contribution in [0, 0.1) is 46.3 Å². The Morgan fingerprint density at radius 2 is 1.68 bits per heavy atom. The summed E-state index contributed by atoms with van der Waals surface area (Å²) in [5.41, 5.74) is 2.12. The van der Waals surface area contributed by atoms with Gasteiger partial charge in [-0.1, -0.05) is 65.5 Å². The summed E-state index contributed by atoms with van der Waals surface area (Å²) in [5, 5.41) is 14.0. The summed E-state index contributed by atoms with van der Waals surface area (Å²) in [7, 11) is 0. The molecule has 0 radical (unpaired) electrons. The minimum Gasteiger partial charge on any atom is -0.480 e. The van der Waals surface area contributed by atoms with E-state index < -0.39 is 30.1 Å². The van der Waals surface area contributed by atoms with E-state index in [-0.39, 0.29) is 11.5 Å². The van der Waals surface area contributed by atoms with Crippen molar-refractivity contribution in [3.05, 3.63) is 11.6 Å². The van der Waals surface area contributed by atoms with Gasteiger partial charge >= 0.3 is 12.1 Å².